The zero-order chi connectivity index (χ0) is 16.2. The van der Waals surface area contributed by atoms with Crippen LogP contribution < -0.4 is 5.32 Å². The van der Waals surface area contributed by atoms with Crippen molar-refractivity contribution < 1.29 is 9.21 Å². The Bertz CT molecular complexity index is 833. The molecule has 3 aromatic rings. The van der Waals surface area contributed by atoms with Gasteiger partial charge in [0.05, 0.1) is 6.20 Å². The summed E-state index contributed by atoms with van der Waals surface area (Å²) >= 11 is 0. The highest BCUT2D eigenvalue weighted by molar-refractivity contribution is 6.02. The molecule has 1 heterocycles. The van der Waals surface area contributed by atoms with Crippen molar-refractivity contribution in [3.8, 4) is 22.8 Å². The second-order valence-electron chi connectivity index (χ2n) is 5.21. The van der Waals surface area contributed by atoms with Gasteiger partial charge in [0.2, 0.25) is 5.89 Å². The first-order valence-corrected chi connectivity index (χ1v) is 7.22. The number of aromatic nitrogens is 1. The smallest absolute Gasteiger partial charge is 0.250 e. The molecule has 0 aliphatic heterocycles. The second kappa shape index (κ2) is 6.32. The number of oxazole rings is 1. The lowest BCUT2D eigenvalue weighted by atomic mass is 10.1. The first-order chi connectivity index (χ1) is 11.1. The molecule has 1 amide bonds. The lowest BCUT2D eigenvalue weighted by Crippen LogP contribution is -2.11. The van der Waals surface area contributed by atoms with Gasteiger partial charge >= 0.3 is 0 Å². The fourth-order valence-electron chi connectivity index (χ4n) is 2.08. The van der Waals surface area contributed by atoms with Gasteiger partial charge in [-0.05, 0) is 43.3 Å². The second-order valence-corrected chi connectivity index (χ2v) is 5.21. The van der Waals surface area contributed by atoms with Gasteiger partial charge in [-0.3, -0.25) is 4.79 Å². The van der Waals surface area contributed by atoms with Crippen LogP contribution in [-0.4, -0.2) is 10.9 Å². The number of nitrogens with zero attached hydrogens (tertiary/aromatic N) is 1. The molecule has 0 aliphatic rings. The molecular formula is C19H16N2O2. The van der Waals surface area contributed by atoms with Crippen LogP contribution in [0.1, 0.15) is 6.92 Å². The van der Waals surface area contributed by atoms with Gasteiger partial charge in [0.25, 0.3) is 5.91 Å². The maximum absolute atomic E-state index is 11.6. The summed E-state index contributed by atoms with van der Waals surface area (Å²) in [7, 11) is 0. The lowest BCUT2D eigenvalue weighted by Gasteiger charge is -2.05. The van der Waals surface area contributed by atoms with Gasteiger partial charge in [0, 0.05) is 22.4 Å². The Morgan fingerprint density at radius 3 is 2.39 bits per heavy atom. The van der Waals surface area contributed by atoms with Crippen LogP contribution >= 0.6 is 0 Å². The van der Waals surface area contributed by atoms with Crippen molar-refractivity contribution >= 4 is 11.6 Å². The number of rotatable bonds is 4. The number of benzene rings is 2. The zero-order valence-electron chi connectivity index (χ0n) is 12.7. The fraction of sp³-hybridized carbons (Fsp3) is 0.0526. The van der Waals surface area contributed by atoms with E-state index >= 15 is 0 Å². The van der Waals surface area contributed by atoms with Crippen LogP contribution in [0.2, 0.25) is 0 Å². The number of carbonyl (C=O) groups is 1. The Labute approximate surface area is 134 Å². The predicted octanol–water partition coefficient (Wildman–Crippen LogP) is 4.52. The third-order valence-corrected chi connectivity index (χ3v) is 3.34. The summed E-state index contributed by atoms with van der Waals surface area (Å²) in [6, 6.07) is 17.1. The van der Waals surface area contributed by atoms with Crippen molar-refractivity contribution in [2.75, 3.05) is 5.32 Å². The van der Waals surface area contributed by atoms with E-state index in [1.807, 2.05) is 54.6 Å². The van der Waals surface area contributed by atoms with Gasteiger partial charge in [-0.15, -0.1) is 0 Å². The molecule has 4 nitrogen and oxygen atoms in total. The van der Waals surface area contributed by atoms with Gasteiger partial charge in [0.15, 0.2) is 5.76 Å². The van der Waals surface area contributed by atoms with E-state index < -0.39 is 0 Å². The van der Waals surface area contributed by atoms with Gasteiger partial charge in [0.1, 0.15) is 0 Å². The molecule has 2 aromatic carbocycles. The summed E-state index contributed by atoms with van der Waals surface area (Å²) in [6.45, 7) is 5.28. The summed E-state index contributed by atoms with van der Waals surface area (Å²) in [4.78, 5) is 15.9. The summed E-state index contributed by atoms with van der Waals surface area (Å²) in [5, 5.41) is 2.77. The molecule has 1 aromatic heterocycles. The van der Waals surface area contributed by atoms with Crippen LogP contribution in [0.5, 0.6) is 0 Å². The molecule has 0 unspecified atom stereocenters. The third kappa shape index (κ3) is 3.37. The zero-order valence-corrected chi connectivity index (χ0v) is 12.7. The van der Waals surface area contributed by atoms with E-state index in [-0.39, 0.29) is 5.91 Å². The standard InChI is InChI=1S/C19H16N2O2/c1-13(2)18(22)21-16-10-8-14(9-11-16)17-12-20-19(23-17)15-6-4-3-5-7-15/h3-12H,1H2,2H3,(H,21,22). The molecule has 114 valence electrons. The molecule has 1 N–H and O–H groups in total. The SMILES string of the molecule is C=C(C)C(=O)Nc1ccc(-c2cnc(-c3ccccc3)o2)cc1. The number of hydrogen-bond acceptors (Lipinski definition) is 3. The molecule has 4 heteroatoms. The third-order valence-electron chi connectivity index (χ3n) is 3.34. The molecule has 0 fully saturated rings. The molecule has 0 aliphatic carbocycles. The normalized spacial score (nSPS) is 10.3. The van der Waals surface area contributed by atoms with E-state index in [9.17, 15) is 4.79 Å². The average molecular weight is 304 g/mol. The largest absolute Gasteiger partial charge is 0.436 e. The van der Waals surface area contributed by atoms with Crippen molar-refractivity contribution in [2.24, 2.45) is 0 Å². The number of hydrogen-bond donors (Lipinski definition) is 1. The van der Waals surface area contributed by atoms with Gasteiger partial charge in [-0.2, -0.15) is 0 Å². The Hall–Kier alpha value is -3.14. The topological polar surface area (TPSA) is 55.1 Å². The Kier molecular flexibility index (Phi) is 4.06. The van der Waals surface area contributed by atoms with Crippen LogP contribution in [0, 0.1) is 0 Å². The van der Waals surface area contributed by atoms with E-state index in [4.69, 9.17) is 4.42 Å². The van der Waals surface area contributed by atoms with Gasteiger partial charge in [-0.1, -0.05) is 24.8 Å². The van der Waals surface area contributed by atoms with Crippen LogP contribution in [0.25, 0.3) is 22.8 Å². The van der Waals surface area contributed by atoms with Gasteiger partial charge < -0.3 is 9.73 Å². The highest BCUT2D eigenvalue weighted by Gasteiger charge is 2.09. The highest BCUT2D eigenvalue weighted by atomic mass is 16.4. The summed E-state index contributed by atoms with van der Waals surface area (Å²) in [5.74, 6) is 1.07. The van der Waals surface area contributed by atoms with E-state index in [0.29, 0.717) is 22.9 Å². The first-order valence-electron chi connectivity index (χ1n) is 7.22. The van der Waals surface area contributed by atoms with Crippen LogP contribution in [0.3, 0.4) is 0 Å². The molecule has 0 saturated heterocycles. The number of anilines is 1. The Morgan fingerprint density at radius 2 is 1.74 bits per heavy atom. The van der Waals surface area contributed by atoms with E-state index in [0.717, 1.165) is 11.1 Å². The Morgan fingerprint density at radius 1 is 1.04 bits per heavy atom. The van der Waals surface area contributed by atoms with Crippen LogP contribution in [-0.2, 0) is 4.79 Å². The summed E-state index contributed by atoms with van der Waals surface area (Å²) < 4.78 is 5.80. The first kappa shape index (κ1) is 14.8. The van der Waals surface area contributed by atoms with E-state index in [1.165, 1.54) is 0 Å². The summed E-state index contributed by atoms with van der Waals surface area (Å²) in [6.07, 6.45) is 1.70. The van der Waals surface area contributed by atoms with Crippen LogP contribution in [0.4, 0.5) is 5.69 Å². The highest BCUT2D eigenvalue weighted by Crippen LogP contribution is 2.26. The maximum Gasteiger partial charge on any atom is 0.250 e. The number of carbonyl (C=O) groups excluding carboxylic acids is 1. The van der Waals surface area contributed by atoms with Crippen molar-refractivity contribution in [1.82, 2.24) is 4.98 Å². The lowest BCUT2D eigenvalue weighted by molar-refractivity contribution is -0.112. The fourth-order valence-corrected chi connectivity index (χ4v) is 2.08. The van der Waals surface area contributed by atoms with Crippen LogP contribution in [0.15, 0.2) is 77.4 Å². The van der Waals surface area contributed by atoms with Crippen molar-refractivity contribution in [1.29, 1.82) is 0 Å². The number of nitrogens with one attached hydrogen (secondary N) is 1. The molecular weight excluding hydrogens is 288 g/mol. The molecule has 0 atom stereocenters. The molecule has 0 radical (unpaired) electrons. The number of amides is 1. The average Bonchev–Trinajstić information content (AvgIpc) is 3.06. The Balaban J connectivity index is 1.79. The summed E-state index contributed by atoms with van der Waals surface area (Å²) in [5.41, 5.74) is 3.01. The van der Waals surface area contributed by atoms with E-state index in [2.05, 4.69) is 16.9 Å². The molecule has 0 bridgehead atoms. The van der Waals surface area contributed by atoms with Crippen molar-refractivity contribution in [2.45, 2.75) is 6.92 Å². The molecule has 23 heavy (non-hydrogen) atoms. The van der Waals surface area contributed by atoms with Crippen molar-refractivity contribution in [3.63, 3.8) is 0 Å². The van der Waals surface area contributed by atoms with Crippen molar-refractivity contribution in [3.05, 3.63) is 72.9 Å². The minimum atomic E-state index is -0.191. The van der Waals surface area contributed by atoms with Gasteiger partial charge in [-0.25, -0.2) is 4.98 Å². The monoisotopic (exact) mass is 304 g/mol. The minimum Gasteiger partial charge on any atom is -0.436 e. The molecule has 0 saturated carbocycles. The molecule has 3 rings (SSSR count). The minimum absolute atomic E-state index is 0.191. The van der Waals surface area contributed by atoms with E-state index in [1.54, 1.807) is 13.1 Å². The quantitative estimate of drug-likeness (QED) is 0.721. The maximum atomic E-state index is 11.6. The molecule has 0 spiro atoms. The predicted molar refractivity (Wildman–Crippen MR) is 90.8 cm³/mol.